The molecule has 0 aliphatic carbocycles. The van der Waals surface area contributed by atoms with E-state index in [1.54, 1.807) is 6.92 Å². The maximum absolute atomic E-state index is 13.9. The summed E-state index contributed by atoms with van der Waals surface area (Å²) in [5, 5.41) is 3.20. The Bertz CT molecular complexity index is 518. The number of hydrogen-bond donors (Lipinski definition) is 1. The molecular formula is C14H17F5N2. The lowest BCUT2D eigenvalue weighted by Crippen LogP contribution is -2.57. The van der Waals surface area contributed by atoms with Gasteiger partial charge in [0, 0.05) is 25.2 Å². The van der Waals surface area contributed by atoms with Gasteiger partial charge >= 0.3 is 0 Å². The minimum absolute atomic E-state index is 0.0869. The largest absolute Gasteiger partial charge is 0.361 e. The summed E-state index contributed by atoms with van der Waals surface area (Å²) < 4.78 is 67.6. The molecule has 1 N–H and O–H groups in total. The maximum Gasteiger partial charge on any atom is 0.200 e. The standard InChI is InChI=1S/C14H17F5N2/c1-6(2)8-5-21(7(3)4-20-8)14-12(18)10(16)9(15)11(17)13(14)19/h6-8,20H,4-5H2,1-3H3. The van der Waals surface area contributed by atoms with Gasteiger partial charge in [-0.05, 0) is 12.8 Å². The fraction of sp³-hybridized carbons (Fsp3) is 0.571. The molecule has 1 aliphatic heterocycles. The summed E-state index contributed by atoms with van der Waals surface area (Å²) in [6, 6.07) is -0.468. The van der Waals surface area contributed by atoms with Gasteiger partial charge in [0.25, 0.3) is 0 Å². The van der Waals surface area contributed by atoms with E-state index in [1.165, 1.54) is 4.90 Å². The van der Waals surface area contributed by atoms with Gasteiger partial charge in [-0.3, -0.25) is 0 Å². The van der Waals surface area contributed by atoms with Crippen LogP contribution in [0.1, 0.15) is 20.8 Å². The molecule has 0 bridgehead atoms. The molecule has 1 saturated heterocycles. The quantitative estimate of drug-likeness (QED) is 0.513. The molecule has 2 nitrogen and oxygen atoms in total. The van der Waals surface area contributed by atoms with Crippen LogP contribution in [0.4, 0.5) is 27.6 Å². The van der Waals surface area contributed by atoms with Crippen LogP contribution in [0.5, 0.6) is 0 Å². The lowest BCUT2D eigenvalue weighted by molar-refractivity contribution is 0.325. The topological polar surface area (TPSA) is 15.3 Å². The summed E-state index contributed by atoms with van der Waals surface area (Å²) in [7, 11) is 0. The highest BCUT2D eigenvalue weighted by atomic mass is 19.2. The number of rotatable bonds is 2. The molecule has 1 aromatic rings. The van der Waals surface area contributed by atoms with Crippen molar-refractivity contribution in [3.8, 4) is 0 Å². The third kappa shape index (κ3) is 2.71. The van der Waals surface area contributed by atoms with Gasteiger partial charge in [-0.15, -0.1) is 0 Å². The first kappa shape index (κ1) is 16.0. The van der Waals surface area contributed by atoms with Crippen molar-refractivity contribution in [1.29, 1.82) is 0 Å². The fourth-order valence-corrected chi connectivity index (χ4v) is 2.49. The highest BCUT2D eigenvalue weighted by Crippen LogP contribution is 2.32. The number of halogens is 5. The monoisotopic (exact) mass is 308 g/mol. The Balaban J connectivity index is 2.49. The first-order valence-electron chi connectivity index (χ1n) is 6.77. The van der Waals surface area contributed by atoms with Crippen molar-refractivity contribution in [3.63, 3.8) is 0 Å². The van der Waals surface area contributed by atoms with Crippen molar-refractivity contribution in [1.82, 2.24) is 5.32 Å². The molecule has 0 spiro atoms. The van der Waals surface area contributed by atoms with Crippen LogP contribution in [-0.2, 0) is 0 Å². The maximum atomic E-state index is 13.9. The SMILES string of the molecule is CC(C)C1CN(c2c(F)c(F)c(F)c(F)c2F)C(C)CN1. The van der Waals surface area contributed by atoms with E-state index < -0.39 is 34.8 Å². The van der Waals surface area contributed by atoms with Crippen molar-refractivity contribution in [3.05, 3.63) is 29.1 Å². The van der Waals surface area contributed by atoms with E-state index in [2.05, 4.69) is 5.32 Å². The molecule has 0 saturated carbocycles. The molecule has 1 aromatic carbocycles. The van der Waals surface area contributed by atoms with Crippen LogP contribution in [0, 0.1) is 35.0 Å². The fourth-order valence-electron chi connectivity index (χ4n) is 2.49. The lowest BCUT2D eigenvalue weighted by Gasteiger charge is -2.42. The molecule has 1 heterocycles. The highest BCUT2D eigenvalue weighted by molar-refractivity contribution is 5.52. The van der Waals surface area contributed by atoms with Gasteiger partial charge in [0.1, 0.15) is 5.69 Å². The molecule has 0 radical (unpaired) electrons. The van der Waals surface area contributed by atoms with Crippen molar-refractivity contribution in [2.24, 2.45) is 5.92 Å². The third-order valence-corrected chi connectivity index (χ3v) is 3.88. The van der Waals surface area contributed by atoms with Crippen molar-refractivity contribution in [2.45, 2.75) is 32.9 Å². The summed E-state index contributed by atoms with van der Waals surface area (Å²) in [5.74, 6) is -9.32. The minimum Gasteiger partial charge on any atom is -0.361 e. The summed E-state index contributed by atoms with van der Waals surface area (Å²) in [4.78, 5) is 1.25. The van der Waals surface area contributed by atoms with Crippen molar-refractivity contribution in [2.75, 3.05) is 18.0 Å². The first-order chi connectivity index (χ1) is 9.75. The Morgan fingerprint density at radius 1 is 0.952 bits per heavy atom. The molecule has 118 valence electrons. The van der Waals surface area contributed by atoms with Gasteiger partial charge in [0.15, 0.2) is 23.3 Å². The van der Waals surface area contributed by atoms with Gasteiger partial charge in [-0.1, -0.05) is 13.8 Å². The zero-order valence-electron chi connectivity index (χ0n) is 12.0. The first-order valence-corrected chi connectivity index (χ1v) is 6.77. The second kappa shape index (κ2) is 5.79. The van der Waals surface area contributed by atoms with Crippen LogP contribution < -0.4 is 10.2 Å². The van der Waals surface area contributed by atoms with E-state index >= 15 is 0 Å². The molecule has 21 heavy (non-hydrogen) atoms. The number of piperazine rings is 1. The molecular weight excluding hydrogens is 291 g/mol. The van der Waals surface area contributed by atoms with Gasteiger partial charge < -0.3 is 10.2 Å². The minimum atomic E-state index is -2.13. The molecule has 2 unspecified atom stereocenters. The number of benzene rings is 1. The average molecular weight is 308 g/mol. The average Bonchev–Trinajstić information content (AvgIpc) is 2.45. The van der Waals surface area contributed by atoms with Crippen LogP contribution in [0.3, 0.4) is 0 Å². The van der Waals surface area contributed by atoms with Crippen molar-refractivity contribution < 1.29 is 22.0 Å². The van der Waals surface area contributed by atoms with Crippen LogP contribution >= 0.6 is 0 Å². The Morgan fingerprint density at radius 3 is 1.90 bits per heavy atom. The molecule has 2 rings (SSSR count). The molecule has 2 atom stereocenters. The summed E-state index contributed by atoms with van der Waals surface area (Å²) in [5.41, 5.74) is -0.842. The van der Waals surface area contributed by atoms with Crippen molar-refractivity contribution >= 4 is 5.69 Å². The summed E-state index contributed by atoms with van der Waals surface area (Å²) in [6.45, 7) is 6.09. The number of anilines is 1. The van der Waals surface area contributed by atoms with E-state index in [-0.39, 0.29) is 24.5 Å². The molecule has 0 aromatic heterocycles. The van der Waals surface area contributed by atoms with Crippen LogP contribution in [0.25, 0.3) is 0 Å². The molecule has 1 fully saturated rings. The molecule has 0 amide bonds. The predicted molar refractivity (Wildman–Crippen MR) is 69.7 cm³/mol. The highest BCUT2D eigenvalue weighted by Gasteiger charge is 2.34. The van der Waals surface area contributed by atoms with Crippen LogP contribution in [0.2, 0.25) is 0 Å². The third-order valence-electron chi connectivity index (χ3n) is 3.88. The number of nitrogens with zero attached hydrogens (tertiary/aromatic N) is 1. The van der Waals surface area contributed by atoms with Gasteiger partial charge in [-0.2, -0.15) is 0 Å². The molecule has 7 heteroatoms. The smallest absolute Gasteiger partial charge is 0.200 e. The van der Waals surface area contributed by atoms with E-state index in [0.29, 0.717) is 6.54 Å². The Kier molecular flexibility index (Phi) is 4.41. The second-order valence-electron chi connectivity index (χ2n) is 5.68. The lowest BCUT2D eigenvalue weighted by atomic mass is 9.99. The van der Waals surface area contributed by atoms with Gasteiger partial charge in [-0.25, -0.2) is 22.0 Å². The normalized spacial score (nSPS) is 23.0. The van der Waals surface area contributed by atoms with E-state index in [1.807, 2.05) is 13.8 Å². The number of hydrogen-bond acceptors (Lipinski definition) is 2. The van der Waals surface area contributed by atoms with Gasteiger partial charge in [0.05, 0.1) is 0 Å². The van der Waals surface area contributed by atoms with E-state index in [0.717, 1.165) is 0 Å². The zero-order valence-corrected chi connectivity index (χ0v) is 12.0. The zero-order chi connectivity index (χ0) is 15.9. The molecule has 1 aliphatic rings. The Labute approximate surface area is 119 Å². The summed E-state index contributed by atoms with van der Waals surface area (Å²) >= 11 is 0. The van der Waals surface area contributed by atoms with Gasteiger partial charge in [0.2, 0.25) is 5.82 Å². The second-order valence-corrected chi connectivity index (χ2v) is 5.68. The Morgan fingerprint density at radius 2 is 1.43 bits per heavy atom. The Hall–Kier alpha value is -1.37. The predicted octanol–water partition coefficient (Wildman–Crippen LogP) is 3.20. The number of nitrogens with one attached hydrogen (secondary N) is 1. The van der Waals surface area contributed by atoms with E-state index in [4.69, 9.17) is 0 Å². The van der Waals surface area contributed by atoms with Crippen LogP contribution in [0.15, 0.2) is 0 Å². The van der Waals surface area contributed by atoms with Crippen LogP contribution in [-0.4, -0.2) is 25.2 Å². The summed E-state index contributed by atoms with van der Waals surface area (Å²) in [6.07, 6.45) is 0. The van der Waals surface area contributed by atoms with E-state index in [9.17, 15) is 22.0 Å².